The Bertz CT molecular complexity index is 1470. The van der Waals surface area contributed by atoms with Gasteiger partial charge in [0.1, 0.15) is 11.3 Å². The largest absolute Gasteiger partial charge is 0.493 e. The molecule has 0 saturated heterocycles. The van der Waals surface area contributed by atoms with Crippen molar-refractivity contribution < 1.29 is 4.74 Å². The summed E-state index contributed by atoms with van der Waals surface area (Å²) in [6.07, 6.45) is 1.69. The Hall–Kier alpha value is -3.55. The molecular formula is C21H22N4O4. The zero-order valence-corrected chi connectivity index (χ0v) is 17.0. The lowest BCUT2D eigenvalue weighted by Crippen LogP contribution is -2.37. The maximum atomic E-state index is 13.1. The fourth-order valence-corrected chi connectivity index (χ4v) is 3.95. The molecule has 29 heavy (non-hydrogen) atoms. The van der Waals surface area contributed by atoms with Crippen molar-refractivity contribution in [2.45, 2.75) is 20.8 Å². The molecular weight excluding hydrogens is 372 g/mol. The first kappa shape index (κ1) is 18.8. The van der Waals surface area contributed by atoms with E-state index in [2.05, 4.69) is 4.98 Å². The zero-order valence-electron chi connectivity index (χ0n) is 17.0. The number of rotatable bonds is 3. The van der Waals surface area contributed by atoms with E-state index in [1.807, 2.05) is 20.8 Å². The molecule has 1 aromatic carbocycles. The maximum Gasteiger partial charge on any atom is 0.331 e. The van der Waals surface area contributed by atoms with Gasteiger partial charge in [-0.25, -0.2) is 4.79 Å². The zero-order chi connectivity index (χ0) is 21.0. The summed E-state index contributed by atoms with van der Waals surface area (Å²) in [5.74, 6) is 0.560. The Balaban J connectivity index is 2.18. The molecule has 0 unspecified atom stereocenters. The molecule has 3 heterocycles. The van der Waals surface area contributed by atoms with Crippen LogP contribution in [-0.4, -0.2) is 25.3 Å². The van der Waals surface area contributed by atoms with Crippen LogP contribution in [-0.2, 0) is 14.1 Å². The topological polar surface area (TPSA) is 91.0 Å². The van der Waals surface area contributed by atoms with Crippen LogP contribution in [0.25, 0.3) is 27.5 Å². The summed E-state index contributed by atoms with van der Waals surface area (Å²) in [5.41, 5.74) is 1.92. The van der Waals surface area contributed by atoms with Crippen LogP contribution < -0.4 is 21.4 Å². The second-order valence-corrected chi connectivity index (χ2v) is 7.13. The number of ether oxygens (including phenoxy) is 1. The molecule has 150 valence electrons. The molecule has 4 rings (SSSR count). The summed E-state index contributed by atoms with van der Waals surface area (Å²) in [6.45, 7) is 6.05. The first-order valence-corrected chi connectivity index (χ1v) is 9.33. The first-order chi connectivity index (χ1) is 13.8. The predicted octanol–water partition coefficient (Wildman–Crippen LogP) is 1.88. The van der Waals surface area contributed by atoms with Crippen LogP contribution in [0.1, 0.15) is 18.3 Å². The Morgan fingerprint density at radius 1 is 1.00 bits per heavy atom. The van der Waals surface area contributed by atoms with Crippen molar-refractivity contribution in [3.8, 4) is 11.4 Å². The van der Waals surface area contributed by atoms with Crippen LogP contribution >= 0.6 is 0 Å². The molecule has 8 heteroatoms. The molecule has 0 aliphatic rings. The molecule has 8 nitrogen and oxygen atoms in total. The molecule has 0 radical (unpaired) electrons. The van der Waals surface area contributed by atoms with E-state index in [0.29, 0.717) is 34.5 Å². The highest BCUT2D eigenvalue weighted by atomic mass is 16.5. The van der Waals surface area contributed by atoms with E-state index in [1.165, 1.54) is 17.7 Å². The number of nitrogens with one attached hydrogen (secondary N) is 1. The van der Waals surface area contributed by atoms with Gasteiger partial charge < -0.3 is 14.3 Å². The van der Waals surface area contributed by atoms with Crippen LogP contribution in [0.15, 0.2) is 38.8 Å². The molecule has 0 amide bonds. The smallest absolute Gasteiger partial charge is 0.331 e. The predicted molar refractivity (Wildman–Crippen MR) is 113 cm³/mol. The van der Waals surface area contributed by atoms with Gasteiger partial charge in [-0.1, -0.05) is 0 Å². The highest BCUT2D eigenvalue weighted by Crippen LogP contribution is 2.30. The average Bonchev–Trinajstić information content (AvgIpc) is 3.20. The van der Waals surface area contributed by atoms with Crippen LogP contribution in [0, 0.1) is 13.8 Å². The molecule has 0 spiro atoms. The molecule has 0 bridgehead atoms. The Morgan fingerprint density at radius 2 is 1.69 bits per heavy atom. The lowest BCUT2D eigenvalue weighted by Gasteiger charge is -2.08. The molecule has 0 aliphatic carbocycles. The molecule has 0 atom stereocenters. The van der Waals surface area contributed by atoms with Crippen molar-refractivity contribution in [1.82, 2.24) is 18.7 Å². The van der Waals surface area contributed by atoms with Crippen LogP contribution in [0.2, 0.25) is 0 Å². The van der Waals surface area contributed by atoms with E-state index in [0.717, 1.165) is 21.3 Å². The summed E-state index contributed by atoms with van der Waals surface area (Å²) >= 11 is 0. The van der Waals surface area contributed by atoms with Crippen molar-refractivity contribution in [2.75, 3.05) is 6.61 Å². The van der Waals surface area contributed by atoms with Crippen molar-refractivity contribution >= 4 is 21.8 Å². The first-order valence-electron chi connectivity index (χ1n) is 9.33. The SMILES string of the molecule is CCOc1cc(-n2ccc3c2c(=O)n(C)c(=O)n3C)cc(=O)c2c(C)[nH]c(C)c12. The number of aromatic amines is 1. The van der Waals surface area contributed by atoms with Gasteiger partial charge in [0.15, 0.2) is 5.43 Å². The summed E-state index contributed by atoms with van der Waals surface area (Å²) in [6, 6.07) is 4.95. The fraction of sp³-hybridized carbons (Fsp3) is 0.286. The highest BCUT2D eigenvalue weighted by molar-refractivity contribution is 5.93. The number of fused-ring (bicyclic) bond motifs is 2. The average molecular weight is 394 g/mol. The van der Waals surface area contributed by atoms with Crippen molar-refractivity contribution in [2.24, 2.45) is 14.1 Å². The van der Waals surface area contributed by atoms with E-state index in [4.69, 9.17) is 4.74 Å². The standard InChI is InChI=1S/C21H22N4O4/c1-6-29-16-10-13(9-15(26)17-11(2)22-12(3)18(16)17)25-8-7-14-19(25)20(27)24(5)21(28)23(14)4/h7-10,22H,6H2,1-5H3. The number of hydrogen-bond acceptors (Lipinski definition) is 4. The Kier molecular flexibility index (Phi) is 4.22. The van der Waals surface area contributed by atoms with Gasteiger partial charge in [0.2, 0.25) is 0 Å². The Labute approximate surface area is 165 Å². The lowest BCUT2D eigenvalue weighted by atomic mass is 10.2. The van der Waals surface area contributed by atoms with Crippen LogP contribution in [0.4, 0.5) is 0 Å². The van der Waals surface area contributed by atoms with Crippen LogP contribution in [0.3, 0.4) is 0 Å². The second kappa shape index (κ2) is 6.51. The van der Waals surface area contributed by atoms with Gasteiger partial charge in [0.25, 0.3) is 5.56 Å². The van der Waals surface area contributed by atoms with Gasteiger partial charge in [-0.2, -0.15) is 0 Å². The number of aryl methyl sites for hydroxylation is 3. The molecule has 1 N–H and O–H groups in total. The number of H-pyrrole nitrogens is 1. The van der Waals surface area contributed by atoms with E-state index in [1.54, 1.807) is 29.9 Å². The molecule has 0 aliphatic heterocycles. The summed E-state index contributed by atoms with van der Waals surface area (Å²) in [4.78, 5) is 41.3. The number of nitrogens with zero attached hydrogens (tertiary/aromatic N) is 3. The minimum Gasteiger partial charge on any atom is -0.493 e. The number of hydrogen-bond donors (Lipinski definition) is 1. The number of aromatic nitrogens is 4. The van der Waals surface area contributed by atoms with Crippen molar-refractivity contribution in [1.29, 1.82) is 0 Å². The third kappa shape index (κ3) is 2.63. The van der Waals surface area contributed by atoms with E-state index >= 15 is 0 Å². The van der Waals surface area contributed by atoms with Crippen molar-refractivity contribution in [3.05, 3.63) is 66.8 Å². The van der Waals surface area contributed by atoms with E-state index in [9.17, 15) is 14.4 Å². The highest BCUT2D eigenvalue weighted by Gasteiger charge is 2.17. The van der Waals surface area contributed by atoms with Gasteiger partial charge >= 0.3 is 5.69 Å². The molecule has 0 saturated carbocycles. The monoisotopic (exact) mass is 394 g/mol. The summed E-state index contributed by atoms with van der Waals surface area (Å²) < 4.78 is 9.97. The second-order valence-electron chi connectivity index (χ2n) is 7.13. The van der Waals surface area contributed by atoms with Gasteiger partial charge in [-0.15, -0.1) is 0 Å². The maximum absolute atomic E-state index is 13.1. The Morgan fingerprint density at radius 3 is 2.38 bits per heavy atom. The third-order valence-corrected chi connectivity index (χ3v) is 5.31. The van der Waals surface area contributed by atoms with Gasteiger partial charge in [0, 0.05) is 49.2 Å². The minimum absolute atomic E-state index is 0.175. The third-order valence-electron chi connectivity index (χ3n) is 5.31. The normalized spacial score (nSPS) is 11.5. The van der Waals surface area contributed by atoms with Gasteiger partial charge in [-0.05, 0) is 26.8 Å². The fourth-order valence-electron chi connectivity index (χ4n) is 3.95. The van der Waals surface area contributed by atoms with E-state index in [-0.39, 0.29) is 5.43 Å². The van der Waals surface area contributed by atoms with E-state index < -0.39 is 11.2 Å². The summed E-state index contributed by atoms with van der Waals surface area (Å²) in [5, 5.41) is 1.30. The lowest BCUT2D eigenvalue weighted by molar-refractivity contribution is 0.344. The quantitative estimate of drug-likeness (QED) is 0.574. The molecule has 3 aromatic heterocycles. The van der Waals surface area contributed by atoms with Gasteiger partial charge in [0.05, 0.1) is 23.2 Å². The summed E-state index contributed by atoms with van der Waals surface area (Å²) in [7, 11) is 3.05. The van der Waals surface area contributed by atoms with Crippen molar-refractivity contribution in [3.63, 3.8) is 0 Å². The molecule has 4 aromatic rings. The minimum atomic E-state index is -0.426. The van der Waals surface area contributed by atoms with Gasteiger partial charge in [-0.3, -0.25) is 18.7 Å². The van der Waals surface area contributed by atoms with Crippen LogP contribution in [0.5, 0.6) is 5.75 Å². The molecule has 0 fully saturated rings.